The maximum absolute atomic E-state index is 12.4. The van der Waals surface area contributed by atoms with E-state index in [1.807, 2.05) is 31.2 Å². The molecule has 2 aromatic carbocycles. The Bertz CT molecular complexity index is 920. The average molecular weight is 322 g/mol. The van der Waals surface area contributed by atoms with E-state index in [0.717, 1.165) is 11.1 Å². The lowest BCUT2D eigenvalue weighted by molar-refractivity contribution is 0.0961. The summed E-state index contributed by atoms with van der Waals surface area (Å²) in [6.45, 7) is 2.17. The second kappa shape index (κ2) is 5.77. The first-order chi connectivity index (χ1) is 11.7. The van der Waals surface area contributed by atoms with E-state index >= 15 is 0 Å². The number of benzene rings is 2. The number of fused-ring (bicyclic) bond motifs is 1. The van der Waals surface area contributed by atoms with Crippen LogP contribution in [0.15, 0.2) is 42.5 Å². The fourth-order valence-corrected chi connectivity index (χ4v) is 2.53. The number of carbonyl (C=O) groups is 1. The third kappa shape index (κ3) is 2.60. The van der Waals surface area contributed by atoms with Crippen LogP contribution >= 0.6 is 0 Å². The highest BCUT2D eigenvalue weighted by Crippen LogP contribution is 2.32. The maximum atomic E-state index is 12.4. The van der Waals surface area contributed by atoms with Crippen LogP contribution in [0, 0.1) is 6.92 Å². The highest BCUT2D eigenvalue weighted by atomic mass is 16.7. The molecular weight excluding hydrogens is 308 g/mol. The average Bonchev–Trinajstić information content (AvgIpc) is 3.23. The molecule has 0 amide bonds. The van der Waals surface area contributed by atoms with Crippen molar-refractivity contribution in [2.24, 2.45) is 0 Å². The summed E-state index contributed by atoms with van der Waals surface area (Å²) < 4.78 is 10.5. The minimum absolute atomic E-state index is 0.0124. The van der Waals surface area contributed by atoms with Crippen molar-refractivity contribution in [3.05, 3.63) is 53.6 Å². The normalized spacial score (nSPS) is 12.4. The van der Waals surface area contributed by atoms with Gasteiger partial charge < -0.3 is 9.47 Å². The van der Waals surface area contributed by atoms with E-state index in [4.69, 9.17) is 9.47 Å². The first-order valence-corrected chi connectivity index (χ1v) is 7.47. The van der Waals surface area contributed by atoms with Crippen molar-refractivity contribution >= 4 is 5.78 Å². The molecule has 4 rings (SSSR count). The van der Waals surface area contributed by atoms with Crippen LogP contribution < -0.4 is 9.47 Å². The predicted octanol–water partition coefficient (Wildman–Crippen LogP) is 2.26. The molecule has 7 heteroatoms. The van der Waals surface area contributed by atoms with Gasteiger partial charge in [-0.2, -0.15) is 4.80 Å². The fourth-order valence-electron chi connectivity index (χ4n) is 2.53. The second-order valence-electron chi connectivity index (χ2n) is 5.45. The number of aryl methyl sites for hydroxylation is 1. The van der Waals surface area contributed by atoms with Gasteiger partial charge in [-0.1, -0.05) is 24.3 Å². The van der Waals surface area contributed by atoms with Crippen molar-refractivity contribution in [3.63, 3.8) is 0 Å². The SMILES string of the molecule is Cc1ccccc1-c1nnn(CC(=O)c2ccc3c(c2)OCO3)n1. The van der Waals surface area contributed by atoms with Gasteiger partial charge in [-0.25, -0.2) is 0 Å². The molecule has 1 aliphatic rings. The van der Waals surface area contributed by atoms with Crippen LogP contribution in [0.25, 0.3) is 11.4 Å². The minimum atomic E-state index is -0.123. The molecule has 0 fully saturated rings. The number of hydrogen-bond acceptors (Lipinski definition) is 6. The van der Waals surface area contributed by atoms with Gasteiger partial charge in [0.05, 0.1) is 0 Å². The summed E-state index contributed by atoms with van der Waals surface area (Å²) >= 11 is 0. The Morgan fingerprint density at radius 3 is 2.88 bits per heavy atom. The van der Waals surface area contributed by atoms with Gasteiger partial charge in [0.25, 0.3) is 0 Å². The van der Waals surface area contributed by atoms with E-state index in [1.54, 1.807) is 18.2 Å². The van der Waals surface area contributed by atoms with Crippen LogP contribution in [-0.4, -0.2) is 32.8 Å². The summed E-state index contributed by atoms with van der Waals surface area (Å²) in [7, 11) is 0. The zero-order valence-corrected chi connectivity index (χ0v) is 13.0. The molecule has 0 saturated heterocycles. The number of ether oxygens (including phenoxy) is 2. The van der Waals surface area contributed by atoms with Crippen molar-refractivity contribution < 1.29 is 14.3 Å². The molecule has 7 nitrogen and oxygen atoms in total. The summed E-state index contributed by atoms with van der Waals surface area (Å²) in [5.74, 6) is 1.61. The van der Waals surface area contributed by atoms with E-state index in [2.05, 4.69) is 15.4 Å². The smallest absolute Gasteiger partial charge is 0.231 e. The zero-order chi connectivity index (χ0) is 16.5. The largest absolute Gasteiger partial charge is 0.454 e. The lowest BCUT2D eigenvalue weighted by atomic mass is 10.1. The van der Waals surface area contributed by atoms with Gasteiger partial charge in [-0.15, -0.1) is 10.2 Å². The van der Waals surface area contributed by atoms with E-state index in [0.29, 0.717) is 22.9 Å². The number of aromatic nitrogens is 4. The first kappa shape index (κ1) is 14.4. The summed E-state index contributed by atoms with van der Waals surface area (Å²) in [6, 6.07) is 12.9. The van der Waals surface area contributed by atoms with Crippen LogP contribution in [0.2, 0.25) is 0 Å². The van der Waals surface area contributed by atoms with Crippen LogP contribution in [0.5, 0.6) is 11.5 Å². The van der Waals surface area contributed by atoms with Gasteiger partial charge in [0.15, 0.2) is 17.3 Å². The lowest BCUT2D eigenvalue weighted by Crippen LogP contribution is -2.13. The number of Topliss-reactive ketones (excluding diaryl/α,β-unsaturated/α-hetero) is 1. The molecule has 0 atom stereocenters. The number of nitrogens with zero attached hydrogens (tertiary/aromatic N) is 4. The van der Waals surface area contributed by atoms with Crippen molar-refractivity contribution in [1.82, 2.24) is 20.2 Å². The molecule has 24 heavy (non-hydrogen) atoms. The topological polar surface area (TPSA) is 79.1 Å². The number of ketones is 1. The predicted molar refractivity (Wildman–Crippen MR) is 84.9 cm³/mol. The Labute approximate surface area is 137 Å². The molecular formula is C17H14N4O3. The quantitative estimate of drug-likeness (QED) is 0.686. The molecule has 1 aromatic heterocycles. The molecule has 0 radical (unpaired) electrons. The van der Waals surface area contributed by atoms with Crippen LogP contribution in [-0.2, 0) is 6.54 Å². The number of rotatable bonds is 4. The first-order valence-electron chi connectivity index (χ1n) is 7.47. The summed E-state index contributed by atoms with van der Waals surface area (Å²) in [5.41, 5.74) is 2.48. The lowest BCUT2D eigenvalue weighted by Gasteiger charge is -2.02. The number of carbonyl (C=O) groups excluding carboxylic acids is 1. The Kier molecular flexibility index (Phi) is 3.45. The minimum Gasteiger partial charge on any atom is -0.454 e. The van der Waals surface area contributed by atoms with Gasteiger partial charge in [-0.3, -0.25) is 4.79 Å². The van der Waals surface area contributed by atoms with E-state index in [1.165, 1.54) is 4.80 Å². The molecule has 0 bridgehead atoms. The standard InChI is InChI=1S/C17H14N4O3/c1-11-4-2-3-5-13(11)17-18-20-21(19-17)9-14(22)12-6-7-15-16(8-12)24-10-23-15/h2-8H,9-10H2,1H3. The summed E-state index contributed by atoms with van der Waals surface area (Å²) in [4.78, 5) is 13.7. The van der Waals surface area contributed by atoms with E-state index in [-0.39, 0.29) is 19.1 Å². The maximum Gasteiger partial charge on any atom is 0.231 e. The monoisotopic (exact) mass is 322 g/mol. The van der Waals surface area contributed by atoms with Gasteiger partial charge in [0, 0.05) is 11.1 Å². The van der Waals surface area contributed by atoms with Crippen molar-refractivity contribution in [1.29, 1.82) is 0 Å². The summed E-state index contributed by atoms with van der Waals surface area (Å²) in [6.07, 6.45) is 0. The molecule has 1 aliphatic heterocycles. The van der Waals surface area contributed by atoms with Crippen molar-refractivity contribution in [3.8, 4) is 22.9 Å². The molecule has 0 unspecified atom stereocenters. The van der Waals surface area contributed by atoms with Gasteiger partial charge in [-0.05, 0) is 35.9 Å². The van der Waals surface area contributed by atoms with Crippen molar-refractivity contribution in [2.45, 2.75) is 13.5 Å². The molecule has 3 aromatic rings. The number of tetrazole rings is 1. The highest BCUT2D eigenvalue weighted by Gasteiger charge is 2.17. The molecule has 0 spiro atoms. The summed E-state index contributed by atoms with van der Waals surface area (Å²) in [5, 5.41) is 12.3. The zero-order valence-electron chi connectivity index (χ0n) is 13.0. The third-order valence-corrected chi connectivity index (χ3v) is 3.82. The van der Waals surface area contributed by atoms with E-state index < -0.39 is 0 Å². The number of hydrogen-bond donors (Lipinski definition) is 0. The highest BCUT2D eigenvalue weighted by molar-refractivity contribution is 5.96. The Hall–Kier alpha value is -3.22. The van der Waals surface area contributed by atoms with Gasteiger partial charge in [0.2, 0.25) is 12.6 Å². The molecule has 0 saturated carbocycles. The Morgan fingerprint density at radius 2 is 2.00 bits per heavy atom. The van der Waals surface area contributed by atoms with E-state index in [9.17, 15) is 4.79 Å². The Balaban J connectivity index is 1.54. The third-order valence-electron chi connectivity index (χ3n) is 3.82. The Morgan fingerprint density at radius 1 is 1.17 bits per heavy atom. The van der Waals surface area contributed by atoms with Crippen LogP contribution in [0.1, 0.15) is 15.9 Å². The molecule has 0 aliphatic carbocycles. The van der Waals surface area contributed by atoms with Crippen LogP contribution in [0.4, 0.5) is 0 Å². The fraction of sp³-hybridized carbons (Fsp3) is 0.176. The second-order valence-corrected chi connectivity index (χ2v) is 5.45. The molecule has 2 heterocycles. The van der Waals surface area contributed by atoms with Gasteiger partial charge in [0.1, 0.15) is 6.54 Å². The van der Waals surface area contributed by atoms with Crippen LogP contribution in [0.3, 0.4) is 0 Å². The molecule has 0 N–H and O–H groups in total. The van der Waals surface area contributed by atoms with Gasteiger partial charge >= 0.3 is 0 Å². The molecule has 120 valence electrons. The van der Waals surface area contributed by atoms with Crippen molar-refractivity contribution in [2.75, 3.05) is 6.79 Å².